The highest BCUT2D eigenvalue weighted by Gasteiger charge is 2.12. The number of thiazole rings is 1. The molecule has 1 unspecified atom stereocenters. The smallest absolute Gasteiger partial charge is 0.106 e. The Hall–Kier alpha value is -1.52. The van der Waals surface area contributed by atoms with Crippen LogP contribution in [0.4, 0.5) is 5.69 Å². The molecule has 0 amide bonds. The number of nitrogens with one attached hydrogen (secondary N) is 1. The van der Waals surface area contributed by atoms with Gasteiger partial charge in [-0.15, -0.1) is 11.3 Å². The van der Waals surface area contributed by atoms with Crippen molar-refractivity contribution in [2.75, 3.05) is 5.32 Å². The molecule has 0 aliphatic heterocycles. The fourth-order valence-electron chi connectivity index (χ4n) is 2.07. The topological polar surface area (TPSA) is 38.1 Å². The molecule has 0 saturated heterocycles. The summed E-state index contributed by atoms with van der Waals surface area (Å²) in [5.41, 5.74) is 3.67. The lowest BCUT2D eigenvalue weighted by Crippen LogP contribution is -2.18. The molecule has 3 nitrogen and oxygen atoms in total. The van der Waals surface area contributed by atoms with Gasteiger partial charge in [-0.3, -0.25) is 0 Å². The molecule has 0 radical (unpaired) electrons. The Bertz CT molecular complexity index is 678. The van der Waals surface area contributed by atoms with E-state index in [0.29, 0.717) is 5.02 Å². The number of anilines is 1. The molecule has 1 N–H and O–H groups in total. The van der Waals surface area contributed by atoms with Crippen molar-refractivity contribution >= 4 is 38.8 Å². The summed E-state index contributed by atoms with van der Waals surface area (Å²) in [6.45, 7) is 2.10. The van der Waals surface area contributed by atoms with Crippen molar-refractivity contribution in [1.29, 1.82) is 0 Å². The number of nitrogens with zero attached hydrogens (tertiary/aromatic N) is 1. The number of furan rings is 1. The maximum absolute atomic E-state index is 6.26. The third-order valence-electron chi connectivity index (χ3n) is 2.93. The summed E-state index contributed by atoms with van der Waals surface area (Å²) in [6.07, 6.45) is 2.50. The first-order chi connectivity index (χ1) is 9.24. The van der Waals surface area contributed by atoms with Gasteiger partial charge in [0.2, 0.25) is 0 Å². The molecular weight excluding hydrogens is 280 g/mol. The Kier molecular flexibility index (Phi) is 3.44. The molecule has 0 aliphatic carbocycles. The zero-order chi connectivity index (χ0) is 13.2. The largest absolute Gasteiger partial charge is 0.469 e. The Morgan fingerprint density at radius 2 is 2.32 bits per heavy atom. The third kappa shape index (κ3) is 2.60. The van der Waals surface area contributed by atoms with Gasteiger partial charge in [0.25, 0.3) is 0 Å². The van der Waals surface area contributed by atoms with Crippen LogP contribution < -0.4 is 5.32 Å². The van der Waals surface area contributed by atoms with Gasteiger partial charge >= 0.3 is 0 Å². The lowest BCUT2D eigenvalue weighted by atomic mass is 10.2. The van der Waals surface area contributed by atoms with Gasteiger partial charge in [0.05, 0.1) is 27.2 Å². The fraction of sp³-hybridized carbons (Fsp3) is 0.214. The number of halogens is 1. The van der Waals surface area contributed by atoms with Crippen LogP contribution in [0.2, 0.25) is 5.02 Å². The van der Waals surface area contributed by atoms with E-state index in [4.69, 9.17) is 16.0 Å². The summed E-state index contributed by atoms with van der Waals surface area (Å²) in [6, 6.07) is 8.00. The minimum atomic E-state index is 0.218. The molecule has 98 valence electrons. The zero-order valence-electron chi connectivity index (χ0n) is 10.4. The maximum atomic E-state index is 6.26. The van der Waals surface area contributed by atoms with Gasteiger partial charge in [0, 0.05) is 12.5 Å². The molecular formula is C14H13ClN2OS. The second-order valence-electron chi connectivity index (χ2n) is 4.45. The van der Waals surface area contributed by atoms with E-state index >= 15 is 0 Å². The molecule has 2 aromatic heterocycles. The second kappa shape index (κ2) is 5.23. The summed E-state index contributed by atoms with van der Waals surface area (Å²) < 4.78 is 6.49. The third-order valence-corrected chi connectivity index (χ3v) is 4.04. The molecule has 0 bridgehead atoms. The molecule has 0 spiro atoms. The van der Waals surface area contributed by atoms with Crippen LogP contribution in [0.5, 0.6) is 0 Å². The molecule has 0 fully saturated rings. The van der Waals surface area contributed by atoms with Gasteiger partial charge in [0.15, 0.2) is 0 Å². The van der Waals surface area contributed by atoms with Gasteiger partial charge < -0.3 is 9.73 Å². The molecule has 1 atom stereocenters. The quantitative estimate of drug-likeness (QED) is 0.764. The Labute approximate surface area is 120 Å². The standard InChI is InChI=1S/C14H13ClN2OS/c1-9(7-10-3-2-6-18-10)17-13-11(15)4-5-12-14(13)16-8-19-12/h2-6,8-9,17H,7H2,1H3. The van der Waals surface area contributed by atoms with Gasteiger partial charge in [-0.2, -0.15) is 0 Å². The summed E-state index contributed by atoms with van der Waals surface area (Å²) in [7, 11) is 0. The second-order valence-corrected chi connectivity index (χ2v) is 5.74. The molecule has 19 heavy (non-hydrogen) atoms. The van der Waals surface area contributed by atoms with E-state index in [9.17, 15) is 0 Å². The highest BCUT2D eigenvalue weighted by Crippen LogP contribution is 2.32. The van der Waals surface area contributed by atoms with Crippen molar-refractivity contribution in [3.8, 4) is 0 Å². The average Bonchev–Trinajstić information content (AvgIpc) is 3.03. The first-order valence-electron chi connectivity index (χ1n) is 6.04. The van der Waals surface area contributed by atoms with Gasteiger partial charge in [-0.05, 0) is 31.2 Å². The van der Waals surface area contributed by atoms with Gasteiger partial charge in [-0.25, -0.2) is 4.98 Å². The van der Waals surface area contributed by atoms with E-state index in [1.54, 1.807) is 17.6 Å². The highest BCUT2D eigenvalue weighted by atomic mass is 35.5. The van der Waals surface area contributed by atoms with E-state index in [1.807, 2.05) is 29.8 Å². The first kappa shape index (κ1) is 12.5. The number of benzene rings is 1. The van der Waals surface area contributed by atoms with E-state index in [-0.39, 0.29) is 6.04 Å². The van der Waals surface area contributed by atoms with E-state index in [2.05, 4.69) is 17.2 Å². The van der Waals surface area contributed by atoms with Crippen LogP contribution in [0.3, 0.4) is 0 Å². The summed E-state index contributed by atoms with van der Waals surface area (Å²) >= 11 is 7.88. The van der Waals surface area contributed by atoms with Crippen molar-refractivity contribution < 1.29 is 4.42 Å². The van der Waals surface area contributed by atoms with E-state index < -0.39 is 0 Å². The number of hydrogen-bond acceptors (Lipinski definition) is 4. The van der Waals surface area contributed by atoms with Crippen molar-refractivity contribution in [2.45, 2.75) is 19.4 Å². The first-order valence-corrected chi connectivity index (χ1v) is 7.30. The van der Waals surface area contributed by atoms with Crippen LogP contribution in [0, 0.1) is 0 Å². The molecule has 0 aliphatic rings. The maximum Gasteiger partial charge on any atom is 0.106 e. The minimum absolute atomic E-state index is 0.218. The van der Waals surface area contributed by atoms with Crippen LogP contribution in [0.1, 0.15) is 12.7 Å². The number of fused-ring (bicyclic) bond motifs is 1. The fourth-order valence-corrected chi connectivity index (χ4v) is 2.96. The molecule has 5 heteroatoms. The Morgan fingerprint density at radius 3 is 3.11 bits per heavy atom. The summed E-state index contributed by atoms with van der Waals surface area (Å²) in [5, 5.41) is 4.13. The van der Waals surface area contributed by atoms with Crippen LogP contribution in [-0.2, 0) is 6.42 Å². The zero-order valence-corrected chi connectivity index (χ0v) is 12.0. The molecule has 1 aromatic carbocycles. The van der Waals surface area contributed by atoms with Crippen LogP contribution in [0.15, 0.2) is 40.5 Å². The van der Waals surface area contributed by atoms with E-state index in [1.165, 1.54) is 0 Å². The SMILES string of the molecule is CC(Cc1ccco1)Nc1c(Cl)ccc2scnc12. The average molecular weight is 293 g/mol. The van der Waals surface area contributed by atoms with E-state index in [0.717, 1.165) is 28.1 Å². The highest BCUT2D eigenvalue weighted by molar-refractivity contribution is 7.16. The van der Waals surface area contributed by atoms with Crippen molar-refractivity contribution in [3.63, 3.8) is 0 Å². The van der Waals surface area contributed by atoms with Crippen molar-refractivity contribution in [2.24, 2.45) is 0 Å². The monoisotopic (exact) mass is 292 g/mol. The summed E-state index contributed by atoms with van der Waals surface area (Å²) in [4.78, 5) is 4.38. The minimum Gasteiger partial charge on any atom is -0.469 e. The summed E-state index contributed by atoms with van der Waals surface area (Å²) in [5.74, 6) is 0.960. The Balaban J connectivity index is 1.84. The van der Waals surface area contributed by atoms with Crippen LogP contribution in [-0.4, -0.2) is 11.0 Å². The normalized spacial score (nSPS) is 12.7. The van der Waals surface area contributed by atoms with Crippen LogP contribution in [0.25, 0.3) is 10.2 Å². The lowest BCUT2D eigenvalue weighted by molar-refractivity contribution is 0.498. The molecule has 0 saturated carbocycles. The molecule has 3 aromatic rings. The van der Waals surface area contributed by atoms with Crippen LogP contribution >= 0.6 is 22.9 Å². The number of aromatic nitrogens is 1. The predicted molar refractivity (Wildman–Crippen MR) is 80.1 cm³/mol. The number of rotatable bonds is 4. The predicted octanol–water partition coefficient (Wildman–Crippen LogP) is 4.59. The van der Waals surface area contributed by atoms with Gasteiger partial charge in [0.1, 0.15) is 11.3 Å². The van der Waals surface area contributed by atoms with Crippen molar-refractivity contribution in [1.82, 2.24) is 4.98 Å². The molecule has 3 rings (SSSR count). The lowest BCUT2D eigenvalue weighted by Gasteiger charge is -2.15. The molecule has 2 heterocycles. The Morgan fingerprint density at radius 1 is 1.42 bits per heavy atom. The van der Waals surface area contributed by atoms with Crippen molar-refractivity contribution in [3.05, 3.63) is 46.8 Å². The van der Waals surface area contributed by atoms with Gasteiger partial charge in [-0.1, -0.05) is 11.6 Å². The number of hydrogen-bond donors (Lipinski definition) is 1.